The van der Waals surface area contributed by atoms with E-state index in [9.17, 15) is 14.0 Å². The monoisotopic (exact) mass is 342 g/mol. The molecule has 1 aliphatic rings. The number of nitrogens with one attached hydrogen (secondary N) is 2. The van der Waals surface area contributed by atoms with Gasteiger partial charge in [-0.05, 0) is 31.0 Å². The Bertz CT molecular complexity index is 585. The molecular weight excluding hydrogens is 323 g/mol. The van der Waals surface area contributed by atoms with E-state index in [2.05, 4.69) is 10.6 Å². The average Bonchev–Trinajstić information content (AvgIpc) is 2.56. The van der Waals surface area contributed by atoms with Gasteiger partial charge in [0.2, 0.25) is 5.91 Å². The van der Waals surface area contributed by atoms with E-state index in [1.54, 1.807) is 4.90 Å². The predicted molar refractivity (Wildman–Crippen MR) is 86.8 cm³/mol. The number of nitrogens with zero attached hydrogens (tertiary/aromatic N) is 1. The van der Waals surface area contributed by atoms with Crippen molar-refractivity contribution in [3.8, 4) is 0 Å². The van der Waals surface area contributed by atoms with E-state index in [1.165, 1.54) is 18.2 Å². The number of piperidine rings is 1. The summed E-state index contributed by atoms with van der Waals surface area (Å²) in [4.78, 5) is 25.8. The number of hydrogen-bond acceptors (Lipinski definition) is 3. The number of nitrogens with two attached hydrogens (primary N) is 1. The number of rotatable bonds is 4. The van der Waals surface area contributed by atoms with Crippen molar-refractivity contribution in [3.63, 3.8) is 0 Å². The molecule has 4 N–H and O–H groups in total. The van der Waals surface area contributed by atoms with E-state index >= 15 is 0 Å². The van der Waals surface area contributed by atoms with Crippen LogP contribution < -0.4 is 16.4 Å². The highest BCUT2D eigenvalue weighted by molar-refractivity contribution is 6.30. The molecule has 23 heavy (non-hydrogen) atoms. The highest BCUT2D eigenvalue weighted by Crippen LogP contribution is 2.21. The van der Waals surface area contributed by atoms with Crippen molar-refractivity contribution in [2.75, 3.05) is 31.5 Å². The van der Waals surface area contributed by atoms with Gasteiger partial charge in [0.05, 0.1) is 10.9 Å². The predicted octanol–water partition coefficient (Wildman–Crippen LogP) is 1.80. The largest absolute Gasteiger partial charge is 0.337 e. The van der Waals surface area contributed by atoms with Crippen molar-refractivity contribution in [1.82, 2.24) is 10.2 Å². The van der Waals surface area contributed by atoms with E-state index in [4.69, 9.17) is 17.3 Å². The number of anilines is 1. The van der Waals surface area contributed by atoms with Crippen LogP contribution in [0.25, 0.3) is 0 Å². The molecule has 2 rings (SSSR count). The molecule has 1 aromatic carbocycles. The summed E-state index contributed by atoms with van der Waals surface area (Å²) >= 11 is 5.61. The highest BCUT2D eigenvalue weighted by Gasteiger charge is 2.28. The van der Waals surface area contributed by atoms with Crippen LogP contribution in [0.4, 0.5) is 14.9 Å². The van der Waals surface area contributed by atoms with Gasteiger partial charge in [-0.25, -0.2) is 9.18 Å². The van der Waals surface area contributed by atoms with Crippen molar-refractivity contribution in [2.45, 2.75) is 12.8 Å². The van der Waals surface area contributed by atoms with Crippen molar-refractivity contribution in [3.05, 3.63) is 29.0 Å². The molecule has 0 aliphatic carbocycles. The van der Waals surface area contributed by atoms with Crippen LogP contribution in [-0.2, 0) is 4.79 Å². The molecule has 6 nitrogen and oxygen atoms in total. The van der Waals surface area contributed by atoms with Crippen LogP contribution in [0.1, 0.15) is 12.8 Å². The fourth-order valence-corrected chi connectivity index (χ4v) is 2.60. The normalized spacial score (nSPS) is 17.7. The number of likely N-dealkylation sites (tertiary alicyclic amines) is 1. The van der Waals surface area contributed by atoms with Gasteiger partial charge in [0, 0.05) is 31.9 Å². The summed E-state index contributed by atoms with van der Waals surface area (Å²) in [6.07, 6.45) is 1.42. The number of carbonyl (C=O) groups is 2. The number of halogens is 2. The van der Waals surface area contributed by atoms with Crippen LogP contribution in [0.15, 0.2) is 18.2 Å². The first-order valence-corrected chi connectivity index (χ1v) is 7.88. The second-order valence-electron chi connectivity index (χ2n) is 5.42. The summed E-state index contributed by atoms with van der Waals surface area (Å²) in [5.41, 5.74) is 5.70. The second kappa shape index (κ2) is 8.12. The Labute approximate surface area is 139 Å². The Hall–Kier alpha value is -1.86. The van der Waals surface area contributed by atoms with Crippen molar-refractivity contribution in [1.29, 1.82) is 0 Å². The van der Waals surface area contributed by atoms with Gasteiger partial charge in [-0.2, -0.15) is 0 Å². The molecule has 1 aromatic rings. The number of carbonyl (C=O) groups excluding carboxylic acids is 2. The van der Waals surface area contributed by atoms with Gasteiger partial charge in [0.1, 0.15) is 5.82 Å². The summed E-state index contributed by atoms with van der Waals surface area (Å²) in [7, 11) is 0. The quantitative estimate of drug-likeness (QED) is 0.779. The van der Waals surface area contributed by atoms with Crippen LogP contribution in [0.3, 0.4) is 0 Å². The summed E-state index contributed by atoms with van der Waals surface area (Å²) in [5, 5.41) is 5.36. The molecule has 1 fully saturated rings. The first-order valence-electron chi connectivity index (χ1n) is 7.50. The van der Waals surface area contributed by atoms with Crippen LogP contribution in [0.5, 0.6) is 0 Å². The third-order valence-electron chi connectivity index (χ3n) is 3.69. The van der Waals surface area contributed by atoms with Gasteiger partial charge in [0.25, 0.3) is 0 Å². The summed E-state index contributed by atoms with van der Waals surface area (Å²) in [6, 6.07) is 3.89. The lowest BCUT2D eigenvalue weighted by Crippen LogP contribution is -2.48. The first kappa shape index (κ1) is 17.5. The lowest BCUT2D eigenvalue weighted by Gasteiger charge is -2.32. The molecule has 0 bridgehead atoms. The number of hydrogen-bond donors (Lipinski definition) is 3. The van der Waals surface area contributed by atoms with E-state index in [0.717, 1.165) is 6.42 Å². The highest BCUT2D eigenvalue weighted by atomic mass is 35.5. The first-order chi connectivity index (χ1) is 11.0. The smallest absolute Gasteiger partial charge is 0.317 e. The lowest BCUT2D eigenvalue weighted by molar-refractivity contribution is -0.121. The second-order valence-corrected chi connectivity index (χ2v) is 5.83. The van der Waals surface area contributed by atoms with Gasteiger partial charge in [-0.3, -0.25) is 4.79 Å². The van der Waals surface area contributed by atoms with E-state index in [-0.39, 0.29) is 22.9 Å². The molecule has 1 saturated heterocycles. The Balaban J connectivity index is 1.93. The van der Waals surface area contributed by atoms with Crippen molar-refractivity contribution < 1.29 is 14.0 Å². The van der Waals surface area contributed by atoms with Gasteiger partial charge in [-0.1, -0.05) is 11.6 Å². The molecule has 0 spiro atoms. The van der Waals surface area contributed by atoms with Gasteiger partial charge >= 0.3 is 6.03 Å². The Morgan fingerprint density at radius 2 is 2.22 bits per heavy atom. The van der Waals surface area contributed by atoms with Crippen LogP contribution in [-0.4, -0.2) is 43.0 Å². The minimum Gasteiger partial charge on any atom is -0.337 e. The van der Waals surface area contributed by atoms with Crippen LogP contribution in [0.2, 0.25) is 5.02 Å². The molecule has 0 aromatic heterocycles. The maximum absolute atomic E-state index is 13.4. The average molecular weight is 343 g/mol. The molecule has 126 valence electrons. The standard InChI is InChI=1S/C15H20ClFN4O2/c16-12-4-3-11(8-13(12)17)20-14(22)10-2-1-7-21(9-10)15(23)19-6-5-18/h3-4,8,10H,1-2,5-7,9,18H2,(H,19,23)(H,20,22)/t10-/m0/s1. The SMILES string of the molecule is NCCNC(=O)N1CCC[C@H](C(=O)Nc2ccc(Cl)c(F)c2)C1. The van der Waals surface area contributed by atoms with Gasteiger partial charge in [0.15, 0.2) is 0 Å². The molecule has 1 atom stereocenters. The molecule has 1 heterocycles. The molecule has 0 saturated carbocycles. The Morgan fingerprint density at radius 1 is 1.43 bits per heavy atom. The van der Waals surface area contributed by atoms with Crippen LogP contribution in [0, 0.1) is 11.7 Å². The minimum absolute atomic E-state index is 0.00316. The summed E-state index contributed by atoms with van der Waals surface area (Å²) in [5.74, 6) is -1.15. The molecule has 8 heteroatoms. The third kappa shape index (κ3) is 4.80. The minimum atomic E-state index is -0.587. The van der Waals surface area contributed by atoms with E-state index in [1.807, 2.05) is 0 Å². The fraction of sp³-hybridized carbons (Fsp3) is 0.467. The van der Waals surface area contributed by atoms with E-state index < -0.39 is 5.82 Å². The van der Waals surface area contributed by atoms with Crippen LogP contribution >= 0.6 is 11.6 Å². The zero-order chi connectivity index (χ0) is 16.8. The Morgan fingerprint density at radius 3 is 2.91 bits per heavy atom. The lowest BCUT2D eigenvalue weighted by atomic mass is 9.97. The number of urea groups is 1. The Kier molecular flexibility index (Phi) is 6.18. The summed E-state index contributed by atoms with van der Waals surface area (Å²) in [6.45, 7) is 1.70. The number of amides is 3. The molecular formula is C15H20ClFN4O2. The molecule has 1 aliphatic heterocycles. The molecule has 0 unspecified atom stereocenters. The zero-order valence-electron chi connectivity index (χ0n) is 12.6. The van der Waals surface area contributed by atoms with Gasteiger partial charge < -0.3 is 21.3 Å². The summed E-state index contributed by atoms with van der Waals surface area (Å²) < 4.78 is 13.4. The van der Waals surface area contributed by atoms with E-state index in [0.29, 0.717) is 38.3 Å². The number of benzene rings is 1. The maximum Gasteiger partial charge on any atom is 0.317 e. The molecule has 0 radical (unpaired) electrons. The maximum atomic E-state index is 13.4. The van der Waals surface area contributed by atoms with Gasteiger partial charge in [-0.15, -0.1) is 0 Å². The zero-order valence-corrected chi connectivity index (χ0v) is 13.4. The third-order valence-corrected chi connectivity index (χ3v) is 3.99. The topological polar surface area (TPSA) is 87.5 Å². The van der Waals surface area contributed by atoms with Crippen molar-refractivity contribution in [2.24, 2.45) is 11.7 Å². The van der Waals surface area contributed by atoms with Crippen molar-refractivity contribution >= 4 is 29.2 Å². The molecule has 3 amide bonds. The fourth-order valence-electron chi connectivity index (χ4n) is 2.48.